The average Bonchev–Trinajstić information content (AvgIpc) is 3.15. The molecule has 1 atom stereocenters. The highest BCUT2D eigenvalue weighted by Crippen LogP contribution is 2.24. The summed E-state index contributed by atoms with van der Waals surface area (Å²) in [5.41, 5.74) is 2.56. The zero-order valence-corrected chi connectivity index (χ0v) is 13.1. The number of nitrogens with zero attached hydrogens (tertiary/aromatic N) is 5. The number of carbonyl (C=O) groups is 1. The van der Waals surface area contributed by atoms with E-state index in [4.69, 9.17) is 0 Å². The first kappa shape index (κ1) is 14.5. The number of anilines is 2. The van der Waals surface area contributed by atoms with Crippen LogP contribution in [-0.4, -0.2) is 39.2 Å². The SMILES string of the molecule is CNc1cnn(C(C)c2cnc(N3CCCC3=O)c(C)n2)c1. The van der Waals surface area contributed by atoms with E-state index in [0.717, 1.165) is 30.0 Å². The van der Waals surface area contributed by atoms with Crippen molar-refractivity contribution >= 4 is 17.4 Å². The van der Waals surface area contributed by atoms with E-state index in [2.05, 4.69) is 20.4 Å². The van der Waals surface area contributed by atoms with Gasteiger partial charge in [0.2, 0.25) is 5.91 Å². The molecule has 0 radical (unpaired) electrons. The van der Waals surface area contributed by atoms with Crippen LogP contribution in [0.2, 0.25) is 0 Å². The third-order valence-electron chi connectivity index (χ3n) is 3.98. The Morgan fingerprint density at radius 2 is 2.18 bits per heavy atom. The molecule has 0 saturated carbocycles. The molecule has 1 aliphatic heterocycles. The van der Waals surface area contributed by atoms with E-state index in [0.29, 0.717) is 12.2 Å². The number of hydrogen-bond acceptors (Lipinski definition) is 5. The van der Waals surface area contributed by atoms with Crippen molar-refractivity contribution in [1.29, 1.82) is 0 Å². The number of aryl methyl sites for hydroxylation is 1. The largest absolute Gasteiger partial charge is 0.386 e. The summed E-state index contributed by atoms with van der Waals surface area (Å²) in [6.07, 6.45) is 6.92. The first-order chi connectivity index (χ1) is 10.6. The van der Waals surface area contributed by atoms with Gasteiger partial charge in [0.15, 0.2) is 5.82 Å². The second-order valence-electron chi connectivity index (χ2n) is 5.49. The van der Waals surface area contributed by atoms with E-state index in [-0.39, 0.29) is 11.9 Å². The maximum Gasteiger partial charge on any atom is 0.228 e. The summed E-state index contributed by atoms with van der Waals surface area (Å²) in [5, 5.41) is 7.38. The Kier molecular flexibility index (Phi) is 3.79. The Morgan fingerprint density at radius 1 is 1.36 bits per heavy atom. The molecule has 7 heteroatoms. The third kappa shape index (κ3) is 2.54. The van der Waals surface area contributed by atoms with Crippen molar-refractivity contribution in [3.05, 3.63) is 30.0 Å². The zero-order chi connectivity index (χ0) is 15.7. The van der Waals surface area contributed by atoms with Crippen molar-refractivity contribution in [2.45, 2.75) is 32.7 Å². The number of nitrogens with one attached hydrogen (secondary N) is 1. The van der Waals surface area contributed by atoms with Gasteiger partial charge in [-0.15, -0.1) is 0 Å². The molecular formula is C15H20N6O. The van der Waals surface area contributed by atoms with Crippen molar-refractivity contribution in [1.82, 2.24) is 19.7 Å². The van der Waals surface area contributed by atoms with E-state index in [1.807, 2.05) is 31.8 Å². The number of rotatable bonds is 4. The molecule has 1 N–H and O–H groups in total. The topological polar surface area (TPSA) is 75.9 Å². The highest BCUT2D eigenvalue weighted by Gasteiger charge is 2.25. The highest BCUT2D eigenvalue weighted by molar-refractivity contribution is 5.94. The van der Waals surface area contributed by atoms with E-state index < -0.39 is 0 Å². The van der Waals surface area contributed by atoms with E-state index in [1.54, 1.807) is 17.3 Å². The summed E-state index contributed by atoms with van der Waals surface area (Å²) in [6, 6.07) is -0.0170. The molecule has 0 spiro atoms. The van der Waals surface area contributed by atoms with Crippen LogP contribution in [0.4, 0.5) is 11.5 Å². The summed E-state index contributed by atoms with van der Waals surface area (Å²) in [6.45, 7) is 4.65. The van der Waals surface area contributed by atoms with Crippen LogP contribution in [0.15, 0.2) is 18.6 Å². The standard InChI is InChI=1S/C15H20N6O/c1-10-15(20-6-4-5-14(20)22)17-8-13(19-10)11(2)21-9-12(16-3)7-18-21/h7-9,11,16H,4-6H2,1-3H3. The van der Waals surface area contributed by atoms with Crippen LogP contribution in [0.5, 0.6) is 0 Å². The van der Waals surface area contributed by atoms with Crippen LogP contribution < -0.4 is 10.2 Å². The maximum atomic E-state index is 11.8. The molecule has 0 aliphatic carbocycles. The van der Waals surface area contributed by atoms with Crippen molar-refractivity contribution in [2.75, 3.05) is 23.8 Å². The monoisotopic (exact) mass is 300 g/mol. The van der Waals surface area contributed by atoms with Gasteiger partial charge in [-0.3, -0.25) is 19.4 Å². The minimum atomic E-state index is -0.0170. The van der Waals surface area contributed by atoms with Crippen molar-refractivity contribution in [3.8, 4) is 0 Å². The molecule has 0 aromatic carbocycles. The molecule has 1 aliphatic rings. The summed E-state index contributed by atoms with van der Waals surface area (Å²) in [4.78, 5) is 22.7. The minimum Gasteiger partial charge on any atom is -0.386 e. The molecule has 1 fully saturated rings. The molecule has 1 saturated heterocycles. The Morgan fingerprint density at radius 3 is 2.77 bits per heavy atom. The zero-order valence-electron chi connectivity index (χ0n) is 13.1. The van der Waals surface area contributed by atoms with E-state index in [1.165, 1.54) is 0 Å². The molecule has 22 heavy (non-hydrogen) atoms. The third-order valence-corrected chi connectivity index (χ3v) is 3.98. The van der Waals surface area contributed by atoms with Gasteiger partial charge in [-0.2, -0.15) is 5.10 Å². The van der Waals surface area contributed by atoms with Crippen LogP contribution in [0.3, 0.4) is 0 Å². The highest BCUT2D eigenvalue weighted by atomic mass is 16.2. The number of hydrogen-bond donors (Lipinski definition) is 1. The number of aromatic nitrogens is 4. The first-order valence-electron chi connectivity index (χ1n) is 7.46. The van der Waals surface area contributed by atoms with Crippen LogP contribution >= 0.6 is 0 Å². The Labute approximate surface area is 129 Å². The number of carbonyl (C=O) groups excluding carboxylic acids is 1. The fourth-order valence-electron chi connectivity index (χ4n) is 2.65. The summed E-state index contributed by atoms with van der Waals surface area (Å²) in [7, 11) is 1.86. The predicted molar refractivity (Wildman–Crippen MR) is 83.9 cm³/mol. The fourth-order valence-corrected chi connectivity index (χ4v) is 2.65. The summed E-state index contributed by atoms with van der Waals surface area (Å²) >= 11 is 0. The summed E-state index contributed by atoms with van der Waals surface area (Å²) < 4.78 is 1.84. The van der Waals surface area contributed by atoms with E-state index in [9.17, 15) is 4.79 Å². The van der Waals surface area contributed by atoms with Crippen molar-refractivity contribution < 1.29 is 4.79 Å². The second-order valence-corrected chi connectivity index (χ2v) is 5.49. The van der Waals surface area contributed by atoms with Gasteiger partial charge in [0.05, 0.1) is 35.5 Å². The van der Waals surface area contributed by atoms with Crippen LogP contribution in [0, 0.1) is 6.92 Å². The molecule has 116 valence electrons. The predicted octanol–water partition coefficient (Wildman–Crippen LogP) is 1.76. The van der Waals surface area contributed by atoms with Crippen LogP contribution in [-0.2, 0) is 4.79 Å². The molecule has 2 aromatic rings. The van der Waals surface area contributed by atoms with Gasteiger partial charge in [-0.1, -0.05) is 0 Å². The smallest absolute Gasteiger partial charge is 0.228 e. The van der Waals surface area contributed by atoms with E-state index >= 15 is 0 Å². The Hall–Kier alpha value is -2.44. The lowest BCUT2D eigenvalue weighted by Gasteiger charge is -2.18. The lowest BCUT2D eigenvalue weighted by atomic mass is 10.2. The van der Waals surface area contributed by atoms with Gasteiger partial charge >= 0.3 is 0 Å². The van der Waals surface area contributed by atoms with Crippen LogP contribution in [0.1, 0.15) is 37.2 Å². The van der Waals surface area contributed by atoms with Crippen molar-refractivity contribution in [2.24, 2.45) is 0 Å². The van der Waals surface area contributed by atoms with Gasteiger partial charge in [-0.25, -0.2) is 4.98 Å². The quantitative estimate of drug-likeness (QED) is 0.931. The van der Waals surface area contributed by atoms with Crippen molar-refractivity contribution in [3.63, 3.8) is 0 Å². The normalized spacial score (nSPS) is 16.1. The Bertz CT molecular complexity index is 695. The molecule has 3 heterocycles. The Balaban J connectivity index is 1.86. The molecule has 2 aromatic heterocycles. The summed E-state index contributed by atoms with van der Waals surface area (Å²) in [5.74, 6) is 0.804. The molecular weight excluding hydrogens is 280 g/mol. The molecule has 7 nitrogen and oxygen atoms in total. The first-order valence-corrected chi connectivity index (χ1v) is 7.46. The van der Waals surface area contributed by atoms with Gasteiger partial charge in [0, 0.05) is 26.2 Å². The second kappa shape index (κ2) is 5.75. The van der Waals surface area contributed by atoms with Gasteiger partial charge in [0.25, 0.3) is 0 Å². The lowest BCUT2D eigenvalue weighted by Crippen LogP contribution is -2.26. The molecule has 1 unspecified atom stereocenters. The molecule has 0 bridgehead atoms. The minimum absolute atomic E-state index is 0.0170. The fraction of sp³-hybridized carbons (Fsp3) is 0.467. The lowest BCUT2D eigenvalue weighted by molar-refractivity contribution is -0.117. The van der Waals surface area contributed by atoms with Crippen LogP contribution in [0.25, 0.3) is 0 Å². The average molecular weight is 300 g/mol. The van der Waals surface area contributed by atoms with Gasteiger partial charge in [-0.05, 0) is 20.3 Å². The van der Waals surface area contributed by atoms with Gasteiger partial charge < -0.3 is 5.32 Å². The number of amides is 1. The molecule has 3 rings (SSSR count). The molecule has 1 amide bonds. The maximum absolute atomic E-state index is 11.8. The van der Waals surface area contributed by atoms with Gasteiger partial charge in [0.1, 0.15) is 0 Å².